The van der Waals surface area contributed by atoms with E-state index in [0.29, 0.717) is 23.6 Å². The van der Waals surface area contributed by atoms with Gasteiger partial charge in [0.25, 0.3) is 0 Å². The van der Waals surface area contributed by atoms with Crippen molar-refractivity contribution in [3.8, 4) is 11.1 Å². The Morgan fingerprint density at radius 3 is 2.39 bits per heavy atom. The Morgan fingerprint density at radius 2 is 1.71 bits per heavy atom. The molecule has 3 aromatic rings. The number of piperidine rings is 2. The quantitative estimate of drug-likeness (QED) is 0.335. The van der Waals surface area contributed by atoms with Crippen molar-refractivity contribution in [3.63, 3.8) is 0 Å². The Labute approximate surface area is 232 Å². The first-order chi connectivity index (χ1) is 18.5. The van der Waals surface area contributed by atoms with Crippen molar-refractivity contribution in [2.24, 2.45) is 5.92 Å². The molecule has 1 unspecified atom stereocenters. The molecule has 3 heterocycles. The summed E-state index contributed by atoms with van der Waals surface area (Å²) < 4.78 is 0. The summed E-state index contributed by atoms with van der Waals surface area (Å²) in [5.74, 6) is 2.51. The second-order valence-corrected chi connectivity index (χ2v) is 11.5. The summed E-state index contributed by atoms with van der Waals surface area (Å²) in [4.78, 5) is 15.3. The van der Waals surface area contributed by atoms with E-state index in [0.717, 1.165) is 73.2 Å². The van der Waals surface area contributed by atoms with Gasteiger partial charge in [0, 0.05) is 48.6 Å². The van der Waals surface area contributed by atoms with E-state index in [1.807, 2.05) is 30.3 Å². The van der Waals surface area contributed by atoms with Crippen LogP contribution in [0.1, 0.15) is 57.6 Å². The van der Waals surface area contributed by atoms with Gasteiger partial charge in [0.1, 0.15) is 5.82 Å². The summed E-state index contributed by atoms with van der Waals surface area (Å²) in [6, 6.07) is 18.8. The first-order valence-corrected chi connectivity index (χ1v) is 14.5. The lowest BCUT2D eigenvalue weighted by Crippen LogP contribution is -2.49. The molecule has 5 rings (SSSR count). The standard InChI is InChI=1S/C31H40ClN5O/c1-22(2)29-28(24-8-4-3-5-9-24)30(33-26-12-10-25(32)11-13-26)35-31(34-29)36-18-14-27(15-19-36)37-17-6-7-23(21-37)16-20-38/h3-5,8-13,22-23,27,38H,6-7,14-21H2,1-2H3,(H,33,34,35). The first-order valence-electron chi connectivity index (χ1n) is 14.1. The van der Waals surface area contributed by atoms with Gasteiger partial charge in [-0.1, -0.05) is 55.8 Å². The number of anilines is 3. The fraction of sp³-hybridized carbons (Fsp3) is 0.484. The van der Waals surface area contributed by atoms with Gasteiger partial charge in [0.2, 0.25) is 5.95 Å². The van der Waals surface area contributed by atoms with Crippen LogP contribution in [0.2, 0.25) is 5.02 Å². The maximum Gasteiger partial charge on any atom is 0.227 e. The molecule has 2 N–H and O–H groups in total. The maximum absolute atomic E-state index is 9.41. The predicted molar refractivity (Wildman–Crippen MR) is 158 cm³/mol. The highest BCUT2D eigenvalue weighted by molar-refractivity contribution is 6.30. The van der Waals surface area contributed by atoms with Gasteiger partial charge in [-0.2, -0.15) is 4.98 Å². The molecule has 0 saturated carbocycles. The average molecular weight is 534 g/mol. The molecule has 0 amide bonds. The molecule has 2 fully saturated rings. The van der Waals surface area contributed by atoms with Crippen LogP contribution in [0.25, 0.3) is 11.1 Å². The molecule has 1 atom stereocenters. The number of benzene rings is 2. The summed E-state index contributed by atoms with van der Waals surface area (Å²) in [5, 5.41) is 13.7. The second kappa shape index (κ2) is 12.5. The van der Waals surface area contributed by atoms with Crippen LogP contribution in [0.5, 0.6) is 0 Å². The number of nitrogens with zero attached hydrogens (tertiary/aromatic N) is 4. The Hall–Kier alpha value is -2.67. The number of rotatable bonds is 8. The van der Waals surface area contributed by atoms with Crippen LogP contribution in [-0.2, 0) is 0 Å². The van der Waals surface area contributed by atoms with Crippen molar-refractivity contribution in [2.45, 2.75) is 57.9 Å². The largest absolute Gasteiger partial charge is 0.396 e. The van der Waals surface area contributed by atoms with Crippen molar-refractivity contribution in [2.75, 3.05) is 43.0 Å². The number of hydrogen-bond acceptors (Lipinski definition) is 6. The van der Waals surface area contributed by atoms with Crippen LogP contribution in [0, 0.1) is 5.92 Å². The van der Waals surface area contributed by atoms with Crippen molar-refractivity contribution >= 4 is 29.1 Å². The van der Waals surface area contributed by atoms with Crippen molar-refractivity contribution in [1.82, 2.24) is 14.9 Å². The van der Waals surface area contributed by atoms with Gasteiger partial charge in [-0.15, -0.1) is 0 Å². The van der Waals surface area contributed by atoms with Gasteiger partial charge in [-0.25, -0.2) is 4.98 Å². The van der Waals surface area contributed by atoms with Crippen LogP contribution in [0.4, 0.5) is 17.5 Å². The van der Waals surface area contributed by atoms with Crippen molar-refractivity contribution in [1.29, 1.82) is 0 Å². The summed E-state index contributed by atoms with van der Waals surface area (Å²) in [5.41, 5.74) is 4.17. The van der Waals surface area contributed by atoms with Crippen LogP contribution in [-0.4, -0.2) is 58.8 Å². The predicted octanol–water partition coefficient (Wildman–Crippen LogP) is 6.73. The number of halogens is 1. The highest BCUT2D eigenvalue weighted by atomic mass is 35.5. The summed E-state index contributed by atoms with van der Waals surface area (Å²) in [6.45, 7) is 8.93. The molecule has 7 heteroatoms. The third-order valence-corrected chi connectivity index (χ3v) is 8.24. The number of likely N-dealkylation sites (tertiary alicyclic amines) is 1. The third-order valence-electron chi connectivity index (χ3n) is 7.99. The Morgan fingerprint density at radius 1 is 0.974 bits per heavy atom. The van der Waals surface area contributed by atoms with Gasteiger partial charge in [-0.3, -0.25) is 4.90 Å². The van der Waals surface area contributed by atoms with Crippen molar-refractivity contribution < 1.29 is 5.11 Å². The Bertz CT molecular complexity index is 1180. The highest BCUT2D eigenvalue weighted by Crippen LogP contribution is 2.37. The molecule has 1 aromatic heterocycles. The molecule has 202 valence electrons. The average Bonchev–Trinajstić information content (AvgIpc) is 2.95. The van der Waals surface area contributed by atoms with Crippen molar-refractivity contribution in [3.05, 3.63) is 65.3 Å². The van der Waals surface area contributed by atoms with Crippen LogP contribution in [0.15, 0.2) is 54.6 Å². The van der Waals surface area contributed by atoms with Gasteiger partial charge in [-0.05, 0) is 80.3 Å². The van der Waals surface area contributed by atoms with E-state index < -0.39 is 0 Å². The monoisotopic (exact) mass is 533 g/mol. The van der Waals surface area contributed by atoms with Gasteiger partial charge >= 0.3 is 0 Å². The van der Waals surface area contributed by atoms with Gasteiger partial charge < -0.3 is 15.3 Å². The van der Waals surface area contributed by atoms with E-state index in [4.69, 9.17) is 21.6 Å². The molecule has 0 radical (unpaired) electrons. The Balaban J connectivity index is 1.41. The van der Waals surface area contributed by atoms with E-state index in [9.17, 15) is 5.11 Å². The molecule has 2 aliphatic rings. The number of hydrogen-bond donors (Lipinski definition) is 2. The highest BCUT2D eigenvalue weighted by Gasteiger charge is 2.30. The minimum atomic E-state index is 0.243. The molecule has 2 aliphatic heterocycles. The lowest BCUT2D eigenvalue weighted by Gasteiger charge is -2.42. The normalized spacial score (nSPS) is 19.2. The molecule has 6 nitrogen and oxygen atoms in total. The summed E-state index contributed by atoms with van der Waals surface area (Å²) >= 11 is 6.15. The molecule has 38 heavy (non-hydrogen) atoms. The number of aliphatic hydroxyl groups is 1. The zero-order chi connectivity index (χ0) is 26.5. The lowest BCUT2D eigenvalue weighted by atomic mass is 9.92. The fourth-order valence-corrected chi connectivity index (χ4v) is 6.08. The third kappa shape index (κ3) is 6.31. The van der Waals surface area contributed by atoms with E-state index in [2.05, 4.69) is 53.2 Å². The zero-order valence-electron chi connectivity index (χ0n) is 22.6. The number of nitrogens with one attached hydrogen (secondary N) is 1. The van der Waals surface area contributed by atoms with E-state index >= 15 is 0 Å². The van der Waals surface area contributed by atoms with Crippen LogP contribution in [0.3, 0.4) is 0 Å². The van der Waals surface area contributed by atoms with Gasteiger partial charge in [0.15, 0.2) is 0 Å². The minimum absolute atomic E-state index is 0.243. The summed E-state index contributed by atoms with van der Waals surface area (Å²) in [7, 11) is 0. The molecular weight excluding hydrogens is 494 g/mol. The molecule has 2 aromatic carbocycles. The van der Waals surface area contributed by atoms with Crippen LogP contribution < -0.4 is 10.2 Å². The zero-order valence-corrected chi connectivity index (χ0v) is 23.4. The number of aliphatic hydroxyl groups excluding tert-OH is 1. The fourth-order valence-electron chi connectivity index (χ4n) is 5.95. The molecule has 0 spiro atoms. The molecule has 2 saturated heterocycles. The summed E-state index contributed by atoms with van der Waals surface area (Å²) in [6.07, 6.45) is 5.66. The lowest BCUT2D eigenvalue weighted by molar-refractivity contribution is 0.0942. The first kappa shape index (κ1) is 26.9. The van der Waals surface area contributed by atoms with Gasteiger partial charge in [0.05, 0.1) is 5.69 Å². The smallest absolute Gasteiger partial charge is 0.227 e. The van der Waals surface area contributed by atoms with E-state index in [-0.39, 0.29) is 5.92 Å². The SMILES string of the molecule is CC(C)c1nc(N2CCC(N3CCCC(CCO)C3)CC2)nc(Nc2ccc(Cl)cc2)c1-c1ccccc1. The number of aromatic nitrogens is 2. The van der Waals surface area contributed by atoms with Crippen LogP contribution >= 0.6 is 11.6 Å². The van der Waals surface area contributed by atoms with E-state index in [1.54, 1.807) is 0 Å². The molecule has 0 aliphatic carbocycles. The molecule has 0 bridgehead atoms. The van der Waals surface area contributed by atoms with E-state index in [1.165, 1.54) is 19.4 Å². The topological polar surface area (TPSA) is 64.5 Å². The minimum Gasteiger partial charge on any atom is -0.396 e. The Kier molecular flexibility index (Phi) is 8.82. The second-order valence-electron chi connectivity index (χ2n) is 11.0. The maximum atomic E-state index is 9.41. The molecular formula is C31H40ClN5O.